The number of aromatic amines is 1. The smallest absolute Gasteiger partial charge is 0.295 e. The van der Waals surface area contributed by atoms with E-state index in [2.05, 4.69) is 9.97 Å². The zero-order valence-electron chi connectivity index (χ0n) is 19.1. The number of amides is 2. The van der Waals surface area contributed by atoms with Crippen molar-refractivity contribution in [2.45, 2.75) is 13.0 Å². The molecular weight excluding hydrogens is 447 g/mol. The van der Waals surface area contributed by atoms with Crippen LogP contribution in [-0.2, 0) is 4.79 Å². The number of fused-ring (bicyclic) bond motifs is 1. The minimum absolute atomic E-state index is 0.0895. The van der Waals surface area contributed by atoms with Gasteiger partial charge in [0, 0.05) is 54.6 Å². The lowest BCUT2D eigenvalue weighted by Crippen LogP contribution is -2.56. The summed E-state index contributed by atoms with van der Waals surface area (Å²) in [5.41, 5.74) is 2.71. The summed E-state index contributed by atoms with van der Waals surface area (Å²) in [4.78, 5) is 49.9. The fourth-order valence-electron chi connectivity index (χ4n) is 4.52. The summed E-state index contributed by atoms with van der Waals surface area (Å²) in [6.07, 6.45) is 3.08. The quantitative estimate of drug-likeness (QED) is 0.362. The number of nitrogens with zero attached hydrogens (tertiary/aromatic N) is 3. The van der Waals surface area contributed by atoms with E-state index < -0.39 is 11.7 Å². The lowest BCUT2D eigenvalue weighted by molar-refractivity contribution is -0.130. The van der Waals surface area contributed by atoms with Gasteiger partial charge < -0.3 is 14.8 Å². The second-order valence-electron chi connectivity index (χ2n) is 8.59. The summed E-state index contributed by atoms with van der Waals surface area (Å²) >= 11 is 0. The molecule has 0 radical (unpaired) electrons. The van der Waals surface area contributed by atoms with Crippen molar-refractivity contribution in [2.75, 3.05) is 19.6 Å². The van der Waals surface area contributed by atoms with Gasteiger partial charge in [-0.1, -0.05) is 18.2 Å². The van der Waals surface area contributed by atoms with Gasteiger partial charge in [0.05, 0.1) is 16.8 Å². The van der Waals surface area contributed by atoms with E-state index in [4.69, 9.17) is 0 Å². The van der Waals surface area contributed by atoms with Crippen molar-refractivity contribution in [1.29, 1.82) is 0 Å². The van der Waals surface area contributed by atoms with Gasteiger partial charge in [0.15, 0.2) is 0 Å². The Hall–Kier alpha value is -4.33. The van der Waals surface area contributed by atoms with Crippen LogP contribution < -0.4 is 0 Å². The van der Waals surface area contributed by atoms with Gasteiger partial charge in [-0.2, -0.15) is 0 Å². The molecule has 1 saturated heterocycles. The highest BCUT2D eigenvalue weighted by atomic mass is 19.1. The number of rotatable bonds is 4. The first-order chi connectivity index (χ1) is 16.9. The first kappa shape index (κ1) is 22.5. The molecule has 0 bridgehead atoms. The van der Waals surface area contributed by atoms with Gasteiger partial charge in [-0.15, -0.1) is 0 Å². The Kier molecular flexibility index (Phi) is 5.86. The minimum atomic E-state index is -0.623. The zero-order valence-corrected chi connectivity index (χ0v) is 19.1. The van der Waals surface area contributed by atoms with Crippen LogP contribution in [0.2, 0.25) is 0 Å². The van der Waals surface area contributed by atoms with Crippen LogP contribution in [0.4, 0.5) is 4.39 Å². The Morgan fingerprint density at radius 3 is 2.46 bits per heavy atom. The summed E-state index contributed by atoms with van der Waals surface area (Å²) in [6.45, 7) is 2.80. The van der Waals surface area contributed by atoms with Crippen molar-refractivity contribution in [2.24, 2.45) is 0 Å². The summed E-state index contributed by atoms with van der Waals surface area (Å²) in [7, 11) is 0. The van der Waals surface area contributed by atoms with Crippen molar-refractivity contribution in [3.8, 4) is 11.3 Å². The number of hydrogen-bond donors (Lipinski definition) is 1. The van der Waals surface area contributed by atoms with Gasteiger partial charge in [0.1, 0.15) is 5.82 Å². The summed E-state index contributed by atoms with van der Waals surface area (Å²) < 4.78 is 13.3. The molecule has 0 aliphatic carbocycles. The molecule has 1 N–H and O–H groups in total. The molecule has 1 fully saturated rings. The third-order valence-electron chi connectivity index (χ3n) is 6.35. The van der Waals surface area contributed by atoms with Crippen molar-refractivity contribution in [3.63, 3.8) is 0 Å². The van der Waals surface area contributed by atoms with Gasteiger partial charge in [0.25, 0.3) is 17.6 Å². The molecule has 35 heavy (non-hydrogen) atoms. The molecule has 7 nitrogen and oxygen atoms in total. The number of ketones is 1. The van der Waals surface area contributed by atoms with E-state index in [0.717, 1.165) is 0 Å². The number of pyridine rings is 1. The lowest BCUT2D eigenvalue weighted by atomic mass is 10.0. The van der Waals surface area contributed by atoms with Crippen LogP contribution in [-0.4, -0.2) is 63.0 Å². The Morgan fingerprint density at radius 1 is 1.00 bits per heavy atom. The average Bonchev–Trinajstić information content (AvgIpc) is 3.33. The van der Waals surface area contributed by atoms with Crippen molar-refractivity contribution in [1.82, 2.24) is 19.8 Å². The molecule has 176 valence electrons. The Morgan fingerprint density at radius 2 is 1.74 bits per heavy atom. The highest BCUT2D eigenvalue weighted by Crippen LogP contribution is 2.28. The lowest BCUT2D eigenvalue weighted by Gasteiger charge is -2.39. The SMILES string of the molecule is CC1CN(C(=O)c2ccccc2)CCN1C(=O)C(=O)c1c[nH]c2c(-c3ccc(F)cc3)nccc12. The van der Waals surface area contributed by atoms with Crippen LogP contribution in [0.25, 0.3) is 22.2 Å². The summed E-state index contributed by atoms with van der Waals surface area (Å²) in [6, 6.07) is 16.3. The number of carbonyl (C=O) groups excluding carboxylic acids is 3. The number of Topliss-reactive ketones (excluding diaryl/α,β-unsaturated/α-hetero) is 1. The first-order valence-corrected chi connectivity index (χ1v) is 11.4. The summed E-state index contributed by atoms with van der Waals surface area (Å²) in [5.74, 6) is -1.67. The maximum absolute atomic E-state index is 13.3. The third-order valence-corrected chi connectivity index (χ3v) is 6.35. The molecule has 1 aliphatic rings. The van der Waals surface area contributed by atoms with Crippen LogP contribution in [0, 0.1) is 5.82 Å². The van der Waals surface area contributed by atoms with E-state index in [0.29, 0.717) is 40.8 Å². The van der Waals surface area contributed by atoms with Crippen LogP contribution in [0.3, 0.4) is 0 Å². The van der Waals surface area contributed by atoms with Crippen molar-refractivity contribution in [3.05, 3.63) is 90.0 Å². The van der Waals surface area contributed by atoms with E-state index in [1.165, 1.54) is 23.2 Å². The average molecular weight is 471 g/mol. The molecule has 2 amide bonds. The Balaban J connectivity index is 1.35. The molecule has 4 aromatic rings. The number of halogens is 1. The molecule has 2 aromatic heterocycles. The number of piperazine rings is 1. The van der Waals surface area contributed by atoms with Crippen LogP contribution in [0.5, 0.6) is 0 Å². The van der Waals surface area contributed by atoms with Crippen molar-refractivity contribution < 1.29 is 18.8 Å². The standard InChI is InChI=1S/C27H23FN4O3/c1-17-16-31(26(34)19-5-3-2-4-6-19)13-14-32(17)27(35)25(33)22-15-30-24-21(22)11-12-29-23(24)18-7-9-20(28)10-8-18/h2-12,15,17,30H,13-14,16H2,1H3. The molecule has 2 aromatic carbocycles. The van der Waals surface area contributed by atoms with Crippen molar-refractivity contribution >= 4 is 28.5 Å². The molecule has 1 aliphatic heterocycles. The van der Waals surface area contributed by atoms with Crippen LogP contribution in [0.1, 0.15) is 27.6 Å². The van der Waals surface area contributed by atoms with E-state index in [1.807, 2.05) is 25.1 Å². The van der Waals surface area contributed by atoms with Crippen LogP contribution in [0.15, 0.2) is 73.1 Å². The number of aromatic nitrogens is 2. The monoisotopic (exact) mass is 470 g/mol. The predicted octanol–water partition coefficient (Wildman–Crippen LogP) is 3.92. The van der Waals surface area contributed by atoms with Gasteiger partial charge >= 0.3 is 0 Å². The molecule has 8 heteroatoms. The predicted molar refractivity (Wildman–Crippen MR) is 129 cm³/mol. The van der Waals surface area contributed by atoms with E-state index >= 15 is 0 Å². The Labute approximate surface area is 201 Å². The molecule has 1 unspecified atom stereocenters. The van der Waals surface area contributed by atoms with E-state index in [9.17, 15) is 18.8 Å². The number of nitrogens with one attached hydrogen (secondary N) is 1. The fraction of sp³-hybridized carbons (Fsp3) is 0.185. The molecule has 0 spiro atoms. The van der Waals surface area contributed by atoms with Gasteiger partial charge in [-0.3, -0.25) is 19.4 Å². The van der Waals surface area contributed by atoms with Gasteiger partial charge in [0.2, 0.25) is 0 Å². The highest BCUT2D eigenvalue weighted by molar-refractivity contribution is 6.45. The molecule has 1 atom stereocenters. The Bertz CT molecular complexity index is 1420. The normalized spacial score (nSPS) is 15.9. The van der Waals surface area contributed by atoms with Gasteiger partial charge in [-0.05, 0) is 49.4 Å². The topological polar surface area (TPSA) is 86.4 Å². The molecule has 5 rings (SSSR count). The first-order valence-electron chi connectivity index (χ1n) is 11.4. The largest absolute Gasteiger partial charge is 0.359 e. The summed E-state index contributed by atoms with van der Waals surface area (Å²) in [5, 5.41) is 0.572. The zero-order chi connectivity index (χ0) is 24.5. The van der Waals surface area contributed by atoms with Crippen LogP contribution >= 0.6 is 0 Å². The van der Waals surface area contributed by atoms with E-state index in [-0.39, 0.29) is 29.9 Å². The minimum Gasteiger partial charge on any atom is -0.359 e. The van der Waals surface area contributed by atoms with Gasteiger partial charge in [-0.25, -0.2) is 4.39 Å². The van der Waals surface area contributed by atoms with E-state index in [1.54, 1.807) is 41.4 Å². The number of hydrogen-bond acceptors (Lipinski definition) is 4. The maximum Gasteiger partial charge on any atom is 0.295 e. The third kappa shape index (κ3) is 4.19. The maximum atomic E-state index is 13.3. The number of benzene rings is 2. The number of H-pyrrole nitrogens is 1. The second-order valence-corrected chi connectivity index (χ2v) is 8.59. The number of carbonyl (C=O) groups is 3. The molecular formula is C27H23FN4O3. The molecule has 3 heterocycles. The fourth-order valence-corrected chi connectivity index (χ4v) is 4.52. The highest BCUT2D eigenvalue weighted by Gasteiger charge is 2.34. The molecule has 0 saturated carbocycles. The second kappa shape index (κ2) is 9.13.